The zero-order valence-electron chi connectivity index (χ0n) is 10.9. The second-order valence-corrected chi connectivity index (χ2v) is 5.78. The Labute approximate surface area is 120 Å². The molecule has 2 rings (SSSR count). The second kappa shape index (κ2) is 6.68. The molecule has 0 aliphatic carbocycles. The summed E-state index contributed by atoms with van der Waals surface area (Å²) < 4.78 is 4.61. The van der Waals surface area contributed by atoms with Crippen molar-refractivity contribution >= 4 is 33.8 Å². The Morgan fingerprint density at radius 1 is 1.53 bits per heavy atom. The van der Waals surface area contributed by atoms with E-state index in [-0.39, 0.29) is 12.0 Å². The van der Waals surface area contributed by atoms with Crippen molar-refractivity contribution in [3.05, 3.63) is 33.5 Å². The number of carbonyl (C=O) groups is 1. The molecule has 0 aliphatic rings. The molecule has 0 fully saturated rings. The van der Waals surface area contributed by atoms with Gasteiger partial charge in [-0.1, -0.05) is 0 Å². The molecular weight excluding hydrogens is 280 g/mol. The van der Waals surface area contributed by atoms with Gasteiger partial charge in [-0.2, -0.15) is 11.3 Å². The third kappa shape index (κ3) is 4.04. The fraction of sp³-hybridized carbons (Fsp3) is 0.385. The van der Waals surface area contributed by atoms with E-state index in [1.54, 1.807) is 22.7 Å². The van der Waals surface area contributed by atoms with E-state index < -0.39 is 0 Å². The van der Waals surface area contributed by atoms with Crippen molar-refractivity contribution in [1.82, 2.24) is 4.98 Å². The van der Waals surface area contributed by atoms with Crippen LogP contribution in [-0.4, -0.2) is 18.1 Å². The van der Waals surface area contributed by atoms with E-state index >= 15 is 0 Å². The molecule has 0 spiro atoms. The summed E-state index contributed by atoms with van der Waals surface area (Å²) in [5.74, 6) is -0.200. The summed E-state index contributed by atoms with van der Waals surface area (Å²) in [5.41, 5.74) is 2.19. The Kier molecular flexibility index (Phi) is 4.93. The van der Waals surface area contributed by atoms with Crippen LogP contribution in [0.25, 0.3) is 0 Å². The van der Waals surface area contributed by atoms with Crippen LogP contribution >= 0.6 is 22.7 Å². The summed E-state index contributed by atoms with van der Waals surface area (Å²) in [4.78, 5) is 15.5. The van der Waals surface area contributed by atoms with Crippen LogP contribution < -0.4 is 5.32 Å². The summed E-state index contributed by atoms with van der Waals surface area (Å²) in [6.45, 7) is 2.11. The van der Waals surface area contributed by atoms with Gasteiger partial charge in [0, 0.05) is 11.8 Å². The number of thiophene rings is 1. The molecule has 1 unspecified atom stereocenters. The van der Waals surface area contributed by atoms with Crippen molar-refractivity contribution in [1.29, 1.82) is 0 Å². The maximum absolute atomic E-state index is 11.1. The third-order valence-corrected chi connectivity index (χ3v) is 4.27. The quantitative estimate of drug-likeness (QED) is 0.829. The molecule has 2 aromatic heterocycles. The molecule has 0 saturated carbocycles. The van der Waals surface area contributed by atoms with Crippen molar-refractivity contribution in [3.8, 4) is 0 Å². The van der Waals surface area contributed by atoms with Gasteiger partial charge in [-0.15, -0.1) is 11.3 Å². The van der Waals surface area contributed by atoms with Crippen LogP contribution in [0.5, 0.6) is 0 Å². The number of hydrogen-bond acceptors (Lipinski definition) is 6. The highest BCUT2D eigenvalue weighted by atomic mass is 32.1. The van der Waals surface area contributed by atoms with Gasteiger partial charge in [-0.3, -0.25) is 4.79 Å². The fourth-order valence-corrected chi connectivity index (χ4v) is 3.20. The molecule has 6 heteroatoms. The lowest BCUT2D eigenvalue weighted by Crippen LogP contribution is -2.05. The highest BCUT2D eigenvalue weighted by molar-refractivity contribution is 7.13. The topological polar surface area (TPSA) is 51.2 Å². The first-order valence-electron chi connectivity index (χ1n) is 5.99. The van der Waals surface area contributed by atoms with Crippen molar-refractivity contribution in [3.63, 3.8) is 0 Å². The van der Waals surface area contributed by atoms with Crippen molar-refractivity contribution in [2.45, 2.75) is 25.8 Å². The van der Waals surface area contributed by atoms with Crippen LogP contribution in [0, 0.1) is 0 Å². The number of nitrogens with zero attached hydrogens (tertiary/aromatic N) is 1. The van der Waals surface area contributed by atoms with Crippen LogP contribution in [-0.2, 0) is 16.0 Å². The minimum absolute atomic E-state index is 0.200. The summed E-state index contributed by atoms with van der Waals surface area (Å²) >= 11 is 3.25. The molecule has 2 aromatic rings. The zero-order valence-corrected chi connectivity index (χ0v) is 12.5. The van der Waals surface area contributed by atoms with Crippen LogP contribution in [0.15, 0.2) is 22.2 Å². The SMILES string of the molecule is COC(=O)CCc1csc(NC(C)c2ccsc2)n1. The monoisotopic (exact) mass is 296 g/mol. The maximum atomic E-state index is 11.1. The number of ether oxygens (including phenoxy) is 1. The van der Waals surface area contributed by atoms with Gasteiger partial charge in [0.1, 0.15) is 0 Å². The van der Waals surface area contributed by atoms with E-state index in [1.165, 1.54) is 12.7 Å². The number of aromatic nitrogens is 1. The van der Waals surface area contributed by atoms with E-state index in [0.29, 0.717) is 12.8 Å². The Balaban J connectivity index is 1.88. The highest BCUT2D eigenvalue weighted by Gasteiger charge is 2.09. The number of thiazole rings is 1. The molecule has 0 aliphatic heterocycles. The number of nitrogens with one attached hydrogen (secondary N) is 1. The fourth-order valence-electron chi connectivity index (χ4n) is 1.61. The molecule has 1 atom stereocenters. The summed E-state index contributed by atoms with van der Waals surface area (Å²) in [6.07, 6.45) is 0.997. The Hall–Kier alpha value is -1.40. The highest BCUT2D eigenvalue weighted by Crippen LogP contribution is 2.24. The van der Waals surface area contributed by atoms with Gasteiger partial charge in [0.25, 0.3) is 0 Å². The zero-order chi connectivity index (χ0) is 13.7. The van der Waals surface area contributed by atoms with Crippen molar-refractivity contribution < 1.29 is 9.53 Å². The van der Waals surface area contributed by atoms with Crippen LogP contribution in [0.4, 0.5) is 5.13 Å². The lowest BCUT2D eigenvalue weighted by Gasteiger charge is -2.10. The first-order valence-corrected chi connectivity index (χ1v) is 7.81. The first-order chi connectivity index (χ1) is 9.19. The average molecular weight is 296 g/mol. The van der Waals surface area contributed by atoms with Gasteiger partial charge in [0.15, 0.2) is 5.13 Å². The first kappa shape index (κ1) is 14.0. The number of methoxy groups -OCH3 is 1. The average Bonchev–Trinajstić information content (AvgIpc) is 3.07. The van der Waals surface area contributed by atoms with Gasteiger partial charge in [-0.05, 0) is 29.3 Å². The number of aryl methyl sites for hydroxylation is 1. The van der Waals surface area contributed by atoms with Gasteiger partial charge < -0.3 is 10.1 Å². The number of rotatable bonds is 6. The van der Waals surface area contributed by atoms with E-state index in [9.17, 15) is 4.79 Å². The number of carbonyl (C=O) groups excluding carboxylic acids is 1. The van der Waals surface area contributed by atoms with Crippen molar-refractivity contribution in [2.24, 2.45) is 0 Å². The molecule has 4 nitrogen and oxygen atoms in total. The minimum atomic E-state index is -0.200. The minimum Gasteiger partial charge on any atom is -0.469 e. The lowest BCUT2D eigenvalue weighted by molar-refractivity contribution is -0.140. The summed E-state index contributed by atoms with van der Waals surface area (Å²) in [5, 5.41) is 10.4. The molecule has 102 valence electrons. The van der Waals surface area contributed by atoms with Gasteiger partial charge in [0.2, 0.25) is 0 Å². The smallest absolute Gasteiger partial charge is 0.305 e. The van der Waals surface area contributed by atoms with Gasteiger partial charge >= 0.3 is 5.97 Å². The molecule has 0 aromatic carbocycles. The number of esters is 1. The van der Waals surface area contributed by atoms with E-state index in [4.69, 9.17) is 0 Å². The summed E-state index contributed by atoms with van der Waals surface area (Å²) in [7, 11) is 1.40. The standard InChI is InChI=1S/C13H16N2O2S2/c1-9(10-5-6-18-7-10)14-13-15-11(8-19-13)3-4-12(16)17-2/h5-9H,3-4H2,1-2H3,(H,14,15). The normalized spacial score (nSPS) is 12.1. The maximum Gasteiger partial charge on any atom is 0.305 e. The molecule has 1 N–H and O–H groups in total. The van der Waals surface area contributed by atoms with Gasteiger partial charge in [-0.25, -0.2) is 4.98 Å². The Morgan fingerprint density at radius 3 is 3.05 bits per heavy atom. The molecule has 0 amide bonds. The molecule has 0 saturated heterocycles. The molecular formula is C13H16N2O2S2. The lowest BCUT2D eigenvalue weighted by atomic mass is 10.2. The van der Waals surface area contributed by atoms with E-state index in [1.807, 2.05) is 5.38 Å². The number of anilines is 1. The Bertz CT molecular complexity index is 522. The molecule has 19 heavy (non-hydrogen) atoms. The predicted octanol–water partition coefficient (Wildman–Crippen LogP) is 3.48. The molecule has 2 heterocycles. The second-order valence-electron chi connectivity index (χ2n) is 4.14. The molecule has 0 bridgehead atoms. The predicted molar refractivity (Wildman–Crippen MR) is 78.8 cm³/mol. The number of hydrogen-bond donors (Lipinski definition) is 1. The summed E-state index contributed by atoms with van der Waals surface area (Å²) in [6, 6.07) is 2.35. The van der Waals surface area contributed by atoms with E-state index in [2.05, 4.69) is 38.8 Å². The van der Waals surface area contributed by atoms with Crippen LogP contribution in [0.2, 0.25) is 0 Å². The van der Waals surface area contributed by atoms with Gasteiger partial charge in [0.05, 0.1) is 25.3 Å². The van der Waals surface area contributed by atoms with Crippen LogP contribution in [0.1, 0.15) is 30.6 Å². The van der Waals surface area contributed by atoms with Crippen molar-refractivity contribution in [2.75, 3.05) is 12.4 Å². The van der Waals surface area contributed by atoms with E-state index in [0.717, 1.165) is 10.8 Å². The largest absolute Gasteiger partial charge is 0.469 e. The third-order valence-electron chi connectivity index (χ3n) is 2.75. The van der Waals surface area contributed by atoms with Crippen LogP contribution in [0.3, 0.4) is 0 Å². The Morgan fingerprint density at radius 2 is 2.37 bits per heavy atom. The molecule has 0 radical (unpaired) electrons.